The van der Waals surface area contributed by atoms with E-state index in [1.165, 1.54) is 12.1 Å². The van der Waals surface area contributed by atoms with E-state index in [0.717, 1.165) is 11.3 Å². The van der Waals surface area contributed by atoms with E-state index < -0.39 is 34.5 Å². The molecule has 0 saturated carbocycles. The minimum Gasteiger partial charge on any atom is -0.481 e. The molecule has 1 amide bonds. The third-order valence-electron chi connectivity index (χ3n) is 2.02. The van der Waals surface area contributed by atoms with Crippen molar-refractivity contribution in [1.82, 2.24) is 4.72 Å². The van der Waals surface area contributed by atoms with Crippen LogP contribution in [-0.2, 0) is 26.0 Å². The maximum atomic E-state index is 11.7. The molecule has 0 aliphatic heterocycles. The molecule has 1 aromatic heterocycles. The summed E-state index contributed by atoms with van der Waals surface area (Å²) in [7, 11) is -3.90. The van der Waals surface area contributed by atoms with E-state index in [2.05, 4.69) is 0 Å². The summed E-state index contributed by atoms with van der Waals surface area (Å²) < 4.78 is 25.4. The SMILES string of the molecule is NC(=O)C(O)CNS(=O)(=O)c1ccc(CC(=O)O)s1. The normalized spacial score (nSPS) is 13.1. The van der Waals surface area contributed by atoms with Crippen LogP contribution in [0, 0.1) is 0 Å². The fraction of sp³-hybridized carbons (Fsp3) is 0.333. The number of primary amides is 1. The predicted octanol–water partition coefficient (Wildman–Crippen LogP) is -1.50. The van der Waals surface area contributed by atoms with Crippen LogP contribution in [0.15, 0.2) is 16.3 Å². The maximum Gasteiger partial charge on any atom is 0.308 e. The minimum absolute atomic E-state index is 0.0968. The second-order valence-electron chi connectivity index (χ2n) is 3.56. The standard InChI is InChI=1S/C9H12N2O6S2/c10-9(15)6(12)4-11-19(16,17)8-2-1-5(18-8)3-7(13)14/h1-2,6,11-12H,3-4H2,(H2,10,15)(H,13,14). The number of hydrogen-bond acceptors (Lipinski definition) is 6. The molecule has 0 bridgehead atoms. The van der Waals surface area contributed by atoms with Crippen molar-refractivity contribution in [3.05, 3.63) is 17.0 Å². The topological polar surface area (TPSA) is 147 Å². The van der Waals surface area contributed by atoms with Crippen molar-refractivity contribution in [3.63, 3.8) is 0 Å². The Morgan fingerprint density at radius 3 is 2.58 bits per heavy atom. The molecule has 106 valence electrons. The number of carbonyl (C=O) groups excluding carboxylic acids is 1. The van der Waals surface area contributed by atoms with Crippen LogP contribution in [0.4, 0.5) is 0 Å². The first kappa shape index (κ1) is 15.6. The van der Waals surface area contributed by atoms with Crippen LogP contribution >= 0.6 is 11.3 Å². The zero-order valence-electron chi connectivity index (χ0n) is 9.57. The minimum atomic E-state index is -3.90. The van der Waals surface area contributed by atoms with E-state index in [4.69, 9.17) is 15.9 Å². The molecule has 5 N–H and O–H groups in total. The third-order valence-corrected chi connectivity index (χ3v) is 5.02. The van der Waals surface area contributed by atoms with Gasteiger partial charge in [0.05, 0.1) is 6.42 Å². The fourth-order valence-corrected chi connectivity index (χ4v) is 3.54. The quantitative estimate of drug-likeness (QED) is 0.482. The zero-order valence-corrected chi connectivity index (χ0v) is 11.2. The van der Waals surface area contributed by atoms with Crippen molar-refractivity contribution >= 4 is 33.2 Å². The average Bonchev–Trinajstić information content (AvgIpc) is 2.74. The van der Waals surface area contributed by atoms with Gasteiger partial charge in [-0.05, 0) is 12.1 Å². The van der Waals surface area contributed by atoms with Crippen molar-refractivity contribution in [1.29, 1.82) is 0 Å². The number of hydrogen-bond donors (Lipinski definition) is 4. The molecule has 19 heavy (non-hydrogen) atoms. The van der Waals surface area contributed by atoms with E-state index in [-0.39, 0.29) is 10.6 Å². The molecular formula is C9H12N2O6S2. The molecule has 0 fully saturated rings. The molecule has 0 aromatic carbocycles. The summed E-state index contributed by atoms with van der Waals surface area (Å²) in [4.78, 5) is 21.4. The number of carbonyl (C=O) groups is 2. The Labute approximate surface area is 112 Å². The second kappa shape index (κ2) is 6.10. The number of rotatable bonds is 7. The summed E-state index contributed by atoms with van der Waals surface area (Å²) in [6, 6.07) is 2.64. The average molecular weight is 308 g/mol. The Bertz CT molecular complexity index is 579. The number of nitrogens with one attached hydrogen (secondary N) is 1. The number of carboxylic acid groups (broad SMARTS) is 1. The van der Waals surface area contributed by atoms with Gasteiger partial charge in [-0.2, -0.15) is 0 Å². The van der Waals surface area contributed by atoms with E-state index in [9.17, 15) is 18.0 Å². The second-order valence-corrected chi connectivity index (χ2v) is 6.72. The van der Waals surface area contributed by atoms with Crippen LogP contribution in [0.5, 0.6) is 0 Å². The number of aliphatic hydroxyl groups excluding tert-OH is 1. The molecule has 0 spiro atoms. The van der Waals surface area contributed by atoms with Crippen LogP contribution in [-0.4, -0.2) is 43.2 Å². The molecule has 8 nitrogen and oxygen atoms in total. The Hall–Kier alpha value is -1.49. The molecule has 0 radical (unpaired) electrons. The Balaban J connectivity index is 2.75. The molecule has 0 aliphatic carbocycles. The van der Waals surface area contributed by atoms with Gasteiger partial charge in [-0.3, -0.25) is 9.59 Å². The van der Waals surface area contributed by atoms with E-state index in [1.54, 1.807) is 0 Å². The smallest absolute Gasteiger partial charge is 0.308 e. The Kier molecular flexibility index (Phi) is 5.00. The number of sulfonamides is 1. The highest BCUT2D eigenvalue weighted by molar-refractivity contribution is 7.91. The predicted molar refractivity (Wildman–Crippen MR) is 66.0 cm³/mol. The van der Waals surface area contributed by atoms with Gasteiger partial charge in [-0.1, -0.05) is 0 Å². The van der Waals surface area contributed by atoms with Crippen LogP contribution in [0.25, 0.3) is 0 Å². The number of carboxylic acids is 1. The van der Waals surface area contributed by atoms with Gasteiger partial charge in [0, 0.05) is 11.4 Å². The van der Waals surface area contributed by atoms with Gasteiger partial charge in [-0.25, -0.2) is 13.1 Å². The number of amides is 1. The highest BCUT2D eigenvalue weighted by Gasteiger charge is 2.20. The van der Waals surface area contributed by atoms with E-state index >= 15 is 0 Å². The van der Waals surface area contributed by atoms with Gasteiger partial charge in [0.25, 0.3) is 0 Å². The van der Waals surface area contributed by atoms with Crippen LogP contribution in [0.3, 0.4) is 0 Å². The van der Waals surface area contributed by atoms with Gasteiger partial charge in [-0.15, -0.1) is 11.3 Å². The number of aliphatic carboxylic acids is 1. The van der Waals surface area contributed by atoms with Crippen molar-refractivity contribution in [2.24, 2.45) is 5.73 Å². The molecule has 1 aromatic rings. The lowest BCUT2D eigenvalue weighted by Crippen LogP contribution is -2.39. The lowest BCUT2D eigenvalue weighted by molar-refractivity contribution is -0.136. The summed E-state index contributed by atoms with van der Waals surface area (Å²) in [6.45, 7) is -0.538. The van der Waals surface area contributed by atoms with Crippen molar-refractivity contribution in [2.45, 2.75) is 16.7 Å². The Morgan fingerprint density at radius 2 is 2.05 bits per heavy atom. The number of aliphatic hydroxyl groups is 1. The summed E-state index contributed by atoms with van der Waals surface area (Å²) in [5.74, 6) is -2.11. The van der Waals surface area contributed by atoms with Gasteiger partial charge < -0.3 is 15.9 Å². The molecule has 1 unspecified atom stereocenters. The van der Waals surface area contributed by atoms with E-state index in [1.807, 2.05) is 4.72 Å². The highest BCUT2D eigenvalue weighted by Crippen LogP contribution is 2.21. The number of thiophene rings is 1. The van der Waals surface area contributed by atoms with Crippen molar-refractivity contribution in [3.8, 4) is 0 Å². The van der Waals surface area contributed by atoms with Crippen LogP contribution < -0.4 is 10.5 Å². The summed E-state index contributed by atoms with van der Waals surface area (Å²) in [5.41, 5.74) is 4.78. The fourth-order valence-electron chi connectivity index (χ4n) is 1.11. The molecule has 1 rings (SSSR count). The van der Waals surface area contributed by atoms with Crippen LogP contribution in [0.2, 0.25) is 0 Å². The first-order chi connectivity index (χ1) is 8.72. The lowest BCUT2D eigenvalue weighted by atomic mass is 10.3. The van der Waals surface area contributed by atoms with Gasteiger partial charge in [0.2, 0.25) is 15.9 Å². The number of nitrogens with two attached hydrogens (primary N) is 1. The first-order valence-corrected chi connectivity index (χ1v) is 7.30. The molecule has 1 atom stereocenters. The van der Waals surface area contributed by atoms with Gasteiger partial charge in [0.15, 0.2) is 0 Å². The lowest BCUT2D eigenvalue weighted by Gasteiger charge is -2.07. The highest BCUT2D eigenvalue weighted by atomic mass is 32.2. The Morgan fingerprint density at radius 1 is 1.42 bits per heavy atom. The van der Waals surface area contributed by atoms with Gasteiger partial charge >= 0.3 is 5.97 Å². The molecule has 0 saturated heterocycles. The van der Waals surface area contributed by atoms with Crippen molar-refractivity contribution in [2.75, 3.05) is 6.54 Å². The monoisotopic (exact) mass is 308 g/mol. The van der Waals surface area contributed by atoms with Crippen LogP contribution in [0.1, 0.15) is 4.88 Å². The van der Waals surface area contributed by atoms with Gasteiger partial charge in [0.1, 0.15) is 10.3 Å². The zero-order chi connectivity index (χ0) is 14.6. The summed E-state index contributed by atoms with van der Waals surface area (Å²) >= 11 is 0.799. The molecule has 10 heteroatoms. The third kappa shape index (κ3) is 4.59. The molecule has 1 heterocycles. The molecular weight excluding hydrogens is 296 g/mol. The largest absolute Gasteiger partial charge is 0.481 e. The summed E-state index contributed by atoms with van der Waals surface area (Å²) in [6.07, 6.45) is -1.89. The van der Waals surface area contributed by atoms with Crippen molar-refractivity contribution < 1.29 is 28.2 Å². The summed E-state index contributed by atoms with van der Waals surface area (Å²) in [5, 5.41) is 17.7. The molecule has 0 aliphatic rings. The first-order valence-electron chi connectivity index (χ1n) is 5.00. The maximum absolute atomic E-state index is 11.7. The van der Waals surface area contributed by atoms with E-state index in [0.29, 0.717) is 4.88 Å².